The van der Waals surface area contributed by atoms with Gasteiger partial charge in [0.2, 0.25) is 0 Å². The van der Waals surface area contributed by atoms with E-state index in [1.807, 2.05) is 0 Å². The minimum Gasteiger partial charge on any atom is -0.397 e. The van der Waals surface area contributed by atoms with E-state index in [0.29, 0.717) is 15.4 Å². The highest BCUT2D eigenvalue weighted by Gasteiger charge is 2.19. The van der Waals surface area contributed by atoms with E-state index in [1.165, 1.54) is 16.2 Å². The van der Waals surface area contributed by atoms with Crippen molar-refractivity contribution >= 4 is 33.1 Å². The molecule has 2 N–H and O–H groups in total. The number of nitrogens with two attached hydrogens (primary N) is 1. The van der Waals surface area contributed by atoms with E-state index in [4.69, 9.17) is 12.2 Å². The summed E-state index contributed by atoms with van der Waals surface area (Å²) in [6, 6.07) is 1.74. The maximum Gasteiger partial charge on any atom is 0.266 e. The molecule has 86 valence electrons. The molecule has 17 heavy (non-hydrogen) atoms. The van der Waals surface area contributed by atoms with Crippen LogP contribution in [0.3, 0.4) is 0 Å². The molecular weight excluding hydrogens is 236 g/mol. The Balaban J connectivity index is 2.46. The summed E-state index contributed by atoms with van der Waals surface area (Å²) in [7, 11) is 1.64. The lowest BCUT2D eigenvalue weighted by Crippen LogP contribution is -2.26. The lowest BCUT2D eigenvalue weighted by atomic mass is 10.2. The van der Waals surface area contributed by atoms with Gasteiger partial charge in [-0.2, -0.15) is 5.10 Å². The minimum absolute atomic E-state index is 0.191. The zero-order valence-corrected chi connectivity index (χ0v) is 9.99. The fourth-order valence-electron chi connectivity index (χ4n) is 1.41. The second-order valence-corrected chi connectivity index (χ2v) is 4.46. The molecule has 2 rings (SSSR count). The second kappa shape index (κ2) is 4.39. The summed E-state index contributed by atoms with van der Waals surface area (Å²) in [4.78, 5) is 14.6. The first-order valence-electron chi connectivity index (χ1n) is 4.83. The smallest absolute Gasteiger partial charge is 0.266 e. The van der Waals surface area contributed by atoms with Crippen LogP contribution in [0.25, 0.3) is 10.2 Å². The number of hydrogen-bond donors (Lipinski definition) is 1. The highest BCUT2D eigenvalue weighted by Crippen LogP contribution is 2.32. The number of terminal acetylenes is 1. The van der Waals surface area contributed by atoms with Gasteiger partial charge in [-0.3, -0.25) is 4.79 Å². The first kappa shape index (κ1) is 11.4. The van der Waals surface area contributed by atoms with Gasteiger partial charge in [0.1, 0.15) is 9.71 Å². The van der Waals surface area contributed by atoms with Crippen molar-refractivity contribution in [2.45, 2.75) is 0 Å². The van der Waals surface area contributed by atoms with Crippen LogP contribution >= 0.6 is 11.3 Å². The molecule has 1 amide bonds. The van der Waals surface area contributed by atoms with Crippen LogP contribution in [0, 0.1) is 12.3 Å². The van der Waals surface area contributed by atoms with Crippen LogP contribution in [0.1, 0.15) is 9.67 Å². The van der Waals surface area contributed by atoms with Crippen LogP contribution in [0.5, 0.6) is 0 Å². The fraction of sp³-hybridized carbons (Fsp3) is 0.182. The number of amides is 1. The Morgan fingerprint density at radius 3 is 3.12 bits per heavy atom. The van der Waals surface area contributed by atoms with Crippen molar-refractivity contribution in [1.29, 1.82) is 0 Å². The molecule has 6 heteroatoms. The van der Waals surface area contributed by atoms with Crippen molar-refractivity contribution < 1.29 is 4.79 Å². The number of nitrogen functional groups attached to an aromatic ring is 1. The number of rotatable bonds is 2. The molecule has 0 radical (unpaired) electrons. The molecule has 0 aromatic carbocycles. The van der Waals surface area contributed by atoms with Gasteiger partial charge in [-0.05, 0) is 6.07 Å². The molecule has 5 nitrogen and oxygen atoms in total. The van der Waals surface area contributed by atoms with Crippen molar-refractivity contribution in [1.82, 2.24) is 15.1 Å². The highest BCUT2D eigenvalue weighted by molar-refractivity contribution is 7.21. The largest absolute Gasteiger partial charge is 0.397 e. The molecule has 0 aliphatic carbocycles. The summed E-state index contributed by atoms with van der Waals surface area (Å²) in [6.07, 6.45) is 6.71. The Kier molecular flexibility index (Phi) is 2.93. The fourth-order valence-corrected chi connectivity index (χ4v) is 2.45. The van der Waals surface area contributed by atoms with E-state index in [-0.39, 0.29) is 12.5 Å². The number of nitrogens with zero attached hydrogens (tertiary/aromatic N) is 3. The molecule has 0 fully saturated rings. The lowest BCUT2D eigenvalue weighted by molar-refractivity contribution is 0.0818. The number of carbonyl (C=O) groups excluding carboxylic acids is 1. The predicted octanol–water partition coefficient (Wildman–Crippen LogP) is 0.979. The van der Waals surface area contributed by atoms with E-state index in [2.05, 4.69) is 16.1 Å². The molecule has 0 unspecified atom stereocenters. The molecule has 0 spiro atoms. The molecule has 0 bridgehead atoms. The summed E-state index contributed by atoms with van der Waals surface area (Å²) >= 11 is 1.23. The number of fused-ring (bicyclic) bond motifs is 1. The standard InChI is InChI=1S/C11H10N4OS/c1-3-6-15(2)11(16)9-8(12)7-4-5-13-14-10(7)17-9/h1,4-5H,6,12H2,2H3. The van der Waals surface area contributed by atoms with Gasteiger partial charge in [-0.25, -0.2) is 0 Å². The lowest BCUT2D eigenvalue weighted by Gasteiger charge is -2.12. The maximum absolute atomic E-state index is 12.0. The van der Waals surface area contributed by atoms with Crippen LogP contribution in [0.2, 0.25) is 0 Å². The molecule has 2 heterocycles. The first-order chi connectivity index (χ1) is 8.15. The van der Waals surface area contributed by atoms with Crippen LogP contribution in [-0.2, 0) is 0 Å². The number of thiophene rings is 1. The van der Waals surface area contributed by atoms with Crippen molar-refractivity contribution in [2.24, 2.45) is 0 Å². The molecule has 2 aromatic rings. The van der Waals surface area contributed by atoms with Gasteiger partial charge >= 0.3 is 0 Å². The number of anilines is 1. The Hall–Kier alpha value is -2.13. The third-order valence-corrected chi connectivity index (χ3v) is 3.38. The average Bonchev–Trinajstić information content (AvgIpc) is 2.67. The number of carbonyl (C=O) groups is 1. The Bertz CT molecular complexity index is 613. The maximum atomic E-state index is 12.0. The number of hydrogen-bond acceptors (Lipinski definition) is 5. The van der Waals surface area contributed by atoms with Gasteiger partial charge in [0.05, 0.1) is 18.4 Å². The van der Waals surface area contributed by atoms with Gasteiger partial charge in [-0.1, -0.05) is 5.92 Å². The Labute approximate surface area is 102 Å². The SMILES string of the molecule is C#CCN(C)C(=O)c1sc2nnccc2c1N. The Morgan fingerprint density at radius 2 is 2.47 bits per heavy atom. The third-order valence-electron chi connectivity index (χ3n) is 2.29. The van der Waals surface area contributed by atoms with Gasteiger partial charge in [0.15, 0.2) is 0 Å². The summed E-state index contributed by atoms with van der Waals surface area (Å²) in [6.45, 7) is 0.248. The zero-order chi connectivity index (χ0) is 12.4. The van der Waals surface area contributed by atoms with E-state index >= 15 is 0 Å². The van der Waals surface area contributed by atoms with Crippen molar-refractivity contribution in [3.05, 3.63) is 17.1 Å². The quantitative estimate of drug-likeness (QED) is 0.802. The van der Waals surface area contributed by atoms with Crippen molar-refractivity contribution in [3.63, 3.8) is 0 Å². The molecule has 0 saturated carbocycles. The normalized spacial score (nSPS) is 10.1. The summed E-state index contributed by atoms with van der Waals surface area (Å²) in [5.41, 5.74) is 6.36. The minimum atomic E-state index is -0.191. The van der Waals surface area contributed by atoms with Crippen LogP contribution < -0.4 is 5.73 Å². The van der Waals surface area contributed by atoms with E-state index < -0.39 is 0 Å². The number of aromatic nitrogens is 2. The van der Waals surface area contributed by atoms with Gasteiger partial charge in [0, 0.05) is 12.4 Å². The van der Waals surface area contributed by atoms with Crippen LogP contribution in [-0.4, -0.2) is 34.6 Å². The third kappa shape index (κ3) is 1.92. The van der Waals surface area contributed by atoms with Gasteiger partial charge < -0.3 is 10.6 Å². The van der Waals surface area contributed by atoms with Crippen molar-refractivity contribution in [2.75, 3.05) is 19.3 Å². The zero-order valence-electron chi connectivity index (χ0n) is 9.17. The summed E-state index contributed by atoms with van der Waals surface area (Å²) < 4.78 is 0. The van der Waals surface area contributed by atoms with E-state index in [0.717, 1.165) is 5.39 Å². The van der Waals surface area contributed by atoms with Crippen LogP contribution in [0.15, 0.2) is 12.3 Å². The molecule has 0 atom stereocenters. The molecule has 0 saturated heterocycles. The van der Waals surface area contributed by atoms with Gasteiger partial charge in [0.25, 0.3) is 5.91 Å². The predicted molar refractivity (Wildman–Crippen MR) is 67.6 cm³/mol. The molecular formula is C11H10N4OS. The van der Waals surface area contributed by atoms with Crippen LogP contribution in [0.4, 0.5) is 5.69 Å². The molecule has 0 aliphatic heterocycles. The average molecular weight is 246 g/mol. The molecule has 2 aromatic heterocycles. The summed E-state index contributed by atoms with van der Waals surface area (Å²) in [5, 5.41) is 8.44. The highest BCUT2D eigenvalue weighted by atomic mass is 32.1. The van der Waals surface area contributed by atoms with Crippen molar-refractivity contribution in [3.8, 4) is 12.3 Å². The first-order valence-corrected chi connectivity index (χ1v) is 5.65. The van der Waals surface area contributed by atoms with E-state index in [9.17, 15) is 4.79 Å². The van der Waals surface area contributed by atoms with E-state index in [1.54, 1.807) is 19.3 Å². The summed E-state index contributed by atoms with van der Waals surface area (Å²) in [5.74, 6) is 2.22. The molecule has 0 aliphatic rings. The Morgan fingerprint density at radius 1 is 1.71 bits per heavy atom. The second-order valence-electron chi connectivity index (χ2n) is 3.46. The van der Waals surface area contributed by atoms with Gasteiger partial charge in [-0.15, -0.1) is 22.9 Å². The topological polar surface area (TPSA) is 72.1 Å². The monoisotopic (exact) mass is 246 g/mol.